The molecule has 1 N–H and O–H groups in total. The minimum absolute atomic E-state index is 0.220. The van der Waals surface area contributed by atoms with Crippen LogP contribution in [-0.4, -0.2) is 34.5 Å². The zero-order valence-electron chi connectivity index (χ0n) is 13.9. The van der Waals surface area contributed by atoms with Crippen molar-refractivity contribution < 1.29 is 19.4 Å². The van der Waals surface area contributed by atoms with Crippen molar-refractivity contribution in [1.82, 2.24) is 4.90 Å². The molecule has 0 saturated carbocycles. The van der Waals surface area contributed by atoms with Crippen molar-refractivity contribution in [2.24, 2.45) is 0 Å². The molecule has 0 aliphatic carbocycles. The van der Waals surface area contributed by atoms with E-state index in [0.717, 1.165) is 24.2 Å². The van der Waals surface area contributed by atoms with Gasteiger partial charge in [0.25, 0.3) is 5.91 Å². The molecule has 1 heterocycles. The van der Waals surface area contributed by atoms with Gasteiger partial charge < -0.3 is 14.7 Å². The average molecular weight is 339 g/mol. The van der Waals surface area contributed by atoms with Crippen molar-refractivity contribution in [3.05, 3.63) is 65.7 Å². The molecule has 130 valence electrons. The predicted octanol–water partition coefficient (Wildman–Crippen LogP) is 3.34. The fourth-order valence-corrected chi connectivity index (χ4v) is 3.02. The molecule has 1 atom stereocenters. The van der Waals surface area contributed by atoms with E-state index in [1.165, 1.54) is 4.90 Å². The van der Waals surface area contributed by atoms with Gasteiger partial charge in [-0.15, -0.1) is 0 Å². The van der Waals surface area contributed by atoms with Crippen LogP contribution in [0, 0.1) is 0 Å². The van der Waals surface area contributed by atoms with Gasteiger partial charge in [-0.3, -0.25) is 4.79 Å². The minimum Gasteiger partial charge on any atom is -0.489 e. The second-order valence-electron chi connectivity index (χ2n) is 6.15. The maximum absolute atomic E-state index is 12.6. The van der Waals surface area contributed by atoms with E-state index < -0.39 is 12.0 Å². The highest BCUT2D eigenvalue weighted by atomic mass is 16.5. The van der Waals surface area contributed by atoms with Crippen LogP contribution in [-0.2, 0) is 11.4 Å². The zero-order chi connectivity index (χ0) is 17.6. The van der Waals surface area contributed by atoms with Gasteiger partial charge in [-0.05, 0) is 49.1 Å². The molecule has 0 spiro atoms. The maximum atomic E-state index is 12.6. The molecule has 1 aliphatic heterocycles. The van der Waals surface area contributed by atoms with Crippen molar-refractivity contribution in [3.63, 3.8) is 0 Å². The van der Waals surface area contributed by atoms with Crippen molar-refractivity contribution in [1.29, 1.82) is 0 Å². The van der Waals surface area contributed by atoms with Gasteiger partial charge in [0.15, 0.2) is 0 Å². The first-order valence-corrected chi connectivity index (χ1v) is 8.46. The van der Waals surface area contributed by atoms with Crippen LogP contribution in [0.25, 0.3) is 0 Å². The Morgan fingerprint density at radius 1 is 1.04 bits per heavy atom. The Bertz CT molecular complexity index is 727. The lowest BCUT2D eigenvalue weighted by Gasteiger charge is -2.33. The summed E-state index contributed by atoms with van der Waals surface area (Å²) in [5.74, 6) is -0.358. The van der Waals surface area contributed by atoms with Crippen molar-refractivity contribution in [2.45, 2.75) is 31.9 Å². The highest BCUT2D eigenvalue weighted by Crippen LogP contribution is 2.20. The summed E-state index contributed by atoms with van der Waals surface area (Å²) in [7, 11) is 0. The van der Waals surface area contributed by atoms with Gasteiger partial charge in [0.05, 0.1) is 0 Å². The first-order chi connectivity index (χ1) is 12.1. The first kappa shape index (κ1) is 17.0. The average Bonchev–Trinajstić information content (AvgIpc) is 2.67. The number of amides is 1. The molecule has 25 heavy (non-hydrogen) atoms. The van der Waals surface area contributed by atoms with E-state index in [0.29, 0.717) is 25.1 Å². The Morgan fingerprint density at radius 3 is 2.44 bits per heavy atom. The number of hydrogen-bond donors (Lipinski definition) is 1. The molecule has 1 unspecified atom stereocenters. The molecule has 1 amide bonds. The molecular formula is C20H21NO4. The Balaban J connectivity index is 1.65. The number of rotatable bonds is 5. The van der Waals surface area contributed by atoms with Crippen LogP contribution in [0.1, 0.15) is 35.2 Å². The van der Waals surface area contributed by atoms with E-state index in [1.807, 2.05) is 42.5 Å². The van der Waals surface area contributed by atoms with E-state index in [4.69, 9.17) is 4.74 Å². The highest BCUT2D eigenvalue weighted by molar-refractivity contribution is 5.96. The molecule has 1 fully saturated rings. The van der Waals surface area contributed by atoms with Crippen molar-refractivity contribution >= 4 is 11.9 Å². The summed E-state index contributed by atoms with van der Waals surface area (Å²) in [6.07, 6.45) is 2.21. The molecule has 1 saturated heterocycles. The third-order valence-electron chi connectivity index (χ3n) is 4.40. The molecule has 2 aromatic carbocycles. The minimum atomic E-state index is -0.930. The summed E-state index contributed by atoms with van der Waals surface area (Å²) in [4.78, 5) is 25.5. The van der Waals surface area contributed by atoms with E-state index in [1.54, 1.807) is 12.1 Å². The van der Waals surface area contributed by atoms with Gasteiger partial charge in [0, 0.05) is 12.1 Å². The molecule has 1 aliphatic rings. The SMILES string of the molecule is O=C(O)C1CCCCN1C(=O)c1ccc(COc2ccccc2)cc1. The molecule has 3 rings (SSSR count). The Hall–Kier alpha value is -2.82. The van der Waals surface area contributed by atoms with E-state index in [-0.39, 0.29) is 5.91 Å². The van der Waals surface area contributed by atoms with Gasteiger partial charge in [0.1, 0.15) is 18.4 Å². The number of hydrogen-bond acceptors (Lipinski definition) is 3. The number of carbonyl (C=O) groups is 2. The summed E-state index contributed by atoms with van der Waals surface area (Å²) < 4.78 is 5.68. The van der Waals surface area contributed by atoms with Crippen LogP contribution in [0.4, 0.5) is 0 Å². The second kappa shape index (κ2) is 7.83. The molecule has 5 nitrogen and oxygen atoms in total. The van der Waals surface area contributed by atoms with E-state index in [2.05, 4.69) is 0 Å². The number of aliphatic carboxylic acids is 1. The Kier molecular flexibility index (Phi) is 5.33. The summed E-state index contributed by atoms with van der Waals surface area (Å²) in [6.45, 7) is 0.911. The highest BCUT2D eigenvalue weighted by Gasteiger charge is 2.32. The summed E-state index contributed by atoms with van der Waals surface area (Å²) in [5.41, 5.74) is 1.46. The van der Waals surface area contributed by atoms with Crippen LogP contribution in [0.3, 0.4) is 0 Å². The first-order valence-electron chi connectivity index (χ1n) is 8.46. The lowest BCUT2D eigenvalue weighted by Crippen LogP contribution is -2.47. The summed E-state index contributed by atoms with van der Waals surface area (Å²) in [5, 5.41) is 9.32. The number of nitrogens with zero attached hydrogens (tertiary/aromatic N) is 1. The second-order valence-corrected chi connectivity index (χ2v) is 6.15. The third-order valence-corrected chi connectivity index (χ3v) is 4.40. The molecule has 0 bridgehead atoms. The smallest absolute Gasteiger partial charge is 0.326 e. The normalized spacial score (nSPS) is 17.1. The van der Waals surface area contributed by atoms with Crippen LogP contribution in [0.5, 0.6) is 5.75 Å². The third kappa shape index (κ3) is 4.18. The van der Waals surface area contributed by atoms with Crippen LogP contribution in [0.2, 0.25) is 0 Å². The number of para-hydroxylation sites is 1. The predicted molar refractivity (Wildman–Crippen MR) is 93.5 cm³/mol. The number of carbonyl (C=O) groups excluding carboxylic acids is 1. The fourth-order valence-electron chi connectivity index (χ4n) is 3.02. The Labute approximate surface area is 146 Å². The number of carboxylic acids is 1. The zero-order valence-corrected chi connectivity index (χ0v) is 13.9. The van der Waals surface area contributed by atoms with Crippen LogP contribution >= 0.6 is 0 Å². The fraction of sp³-hybridized carbons (Fsp3) is 0.300. The molecule has 5 heteroatoms. The molecule has 2 aromatic rings. The molecule has 0 aromatic heterocycles. The Morgan fingerprint density at radius 2 is 1.76 bits per heavy atom. The molecule has 0 radical (unpaired) electrons. The lowest BCUT2D eigenvalue weighted by atomic mass is 10.0. The number of likely N-dealkylation sites (tertiary alicyclic amines) is 1. The number of ether oxygens (including phenoxy) is 1. The van der Waals surface area contributed by atoms with Crippen molar-refractivity contribution in [2.75, 3.05) is 6.54 Å². The van der Waals surface area contributed by atoms with Gasteiger partial charge in [0.2, 0.25) is 0 Å². The lowest BCUT2D eigenvalue weighted by molar-refractivity contribution is -0.143. The quantitative estimate of drug-likeness (QED) is 0.907. The monoisotopic (exact) mass is 339 g/mol. The number of benzene rings is 2. The maximum Gasteiger partial charge on any atom is 0.326 e. The van der Waals surface area contributed by atoms with Crippen LogP contribution in [0.15, 0.2) is 54.6 Å². The van der Waals surface area contributed by atoms with Gasteiger partial charge in [-0.2, -0.15) is 0 Å². The summed E-state index contributed by atoms with van der Waals surface area (Å²) >= 11 is 0. The van der Waals surface area contributed by atoms with Gasteiger partial charge in [-0.1, -0.05) is 30.3 Å². The number of piperidine rings is 1. The van der Waals surface area contributed by atoms with Gasteiger partial charge in [-0.25, -0.2) is 4.79 Å². The van der Waals surface area contributed by atoms with Crippen LogP contribution < -0.4 is 4.74 Å². The van der Waals surface area contributed by atoms with Gasteiger partial charge >= 0.3 is 5.97 Å². The molecular weight excluding hydrogens is 318 g/mol. The largest absolute Gasteiger partial charge is 0.489 e. The van der Waals surface area contributed by atoms with Crippen molar-refractivity contribution in [3.8, 4) is 5.75 Å². The van der Waals surface area contributed by atoms with E-state index >= 15 is 0 Å². The summed E-state index contributed by atoms with van der Waals surface area (Å²) in [6, 6.07) is 16.0. The topological polar surface area (TPSA) is 66.8 Å². The van der Waals surface area contributed by atoms with E-state index in [9.17, 15) is 14.7 Å². The standard InChI is InChI=1S/C20H21NO4/c22-19(21-13-5-4-8-18(21)20(23)24)16-11-9-15(10-12-16)14-25-17-6-2-1-3-7-17/h1-3,6-7,9-12,18H,4-5,8,13-14H2,(H,23,24). The number of carboxylic acid groups (broad SMARTS) is 1.